The fourth-order valence-electron chi connectivity index (χ4n) is 3.33. The van der Waals surface area contributed by atoms with Crippen molar-refractivity contribution in [3.8, 4) is 11.3 Å². The lowest BCUT2D eigenvalue weighted by Crippen LogP contribution is -2.39. The number of fused-ring (bicyclic) bond motifs is 1. The van der Waals surface area contributed by atoms with Gasteiger partial charge in [0.15, 0.2) is 11.3 Å². The predicted octanol–water partition coefficient (Wildman–Crippen LogP) is 2.95. The van der Waals surface area contributed by atoms with Crippen LogP contribution in [0.25, 0.3) is 11.3 Å². The summed E-state index contributed by atoms with van der Waals surface area (Å²) >= 11 is 0. The summed E-state index contributed by atoms with van der Waals surface area (Å²) in [6.45, 7) is 1.75. The van der Waals surface area contributed by atoms with Gasteiger partial charge in [0.05, 0.1) is 17.1 Å². The molecule has 0 atom stereocenters. The van der Waals surface area contributed by atoms with E-state index in [1.165, 1.54) is 0 Å². The number of ether oxygens (including phenoxy) is 1. The largest absolute Gasteiger partial charge is 0.618 e. The maximum absolute atomic E-state index is 12.9. The second-order valence-corrected chi connectivity index (χ2v) is 5.84. The molecule has 7 heteroatoms. The molecule has 1 aromatic heterocycles. The van der Waals surface area contributed by atoms with Crippen LogP contribution in [0.3, 0.4) is 0 Å². The van der Waals surface area contributed by atoms with Crippen molar-refractivity contribution in [1.29, 1.82) is 0 Å². The van der Waals surface area contributed by atoms with Gasteiger partial charge < -0.3 is 9.94 Å². The Kier molecular flexibility index (Phi) is 4.65. The number of carbonyl (C=O) groups is 1. The number of carbonyl (C=O) groups excluding carboxylic acids is 1. The molecule has 1 aromatic carbocycles. The quantitative estimate of drug-likeness (QED) is 0.280. The van der Waals surface area contributed by atoms with Gasteiger partial charge in [0.1, 0.15) is 0 Å². The lowest BCUT2D eigenvalue weighted by Gasteiger charge is -2.20. The highest BCUT2D eigenvalue weighted by atomic mass is 16.6. The van der Waals surface area contributed by atoms with E-state index < -0.39 is 16.6 Å². The normalized spacial score (nSPS) is 13.2. The topological polar surface area (TPSA) is 96.4 Å². The van der Waals surface area contributed by atoms with Crippen LogP contribution in [-0.4, -0.2) is 17.5 Å². The molecular formula is C18H18N2O5. The summed E-state index contributed by atoms with van der Waals surface area (Å²) in [6.07, 6.45) is 2.54. The van der Waals surface area contributed by atoms with Crippen molar-refractivity contribution in [3.05, 3.63) is 62.5 Å². The highest BCUT2D eigenvalue weighted by Crippen LogP contribution is 2.36. The summed E-state index contributed by atoms with van der Waals surface area (Å²) < 4.78 is 5.69. The maximum Gasteiger partial charge on any atom is 0.356 e. The highest BCUT2D eigenvalue weighted by molar-refractivity contribution is 5.98. The first-order valence-corrected chi connectivity index (χ1v) is 8.24. The van der Waals surface area contributed by atoms with Crippen LogP contribution < -0.4 is 4.73 Å². The molecule has 0 spiro atoms. The Morgan fingerprint density at radius 2 is 1.92 bits per heavy atom. The zero-order valence-corrected chi connectivity index (χ0v) is 13.9. The summed E-state index contributed by atoms with van der Waals surface area (Å²) in [5.74, 6) is -0.745. The highest BCUT2D eigenvalue weighted by Gasteiger charge is 2.40. The molecule has 1 aliphatic carbocycles. The molecule has 7 nitrogen and oxygen atoms in total. The minimum atomic E-state index is -0.745. The molecule has 0 saturated carbocycles. The van der Waals surface area contributed by atoms with E-state index in [1.807, 2.05) is 0 Å². The fraction of sp³-hybridized carbons (Fsp3) is 0.333. The maximum atomic E-state index is 12.9. The zero-order chi connectivity index (χ0) is 18.0. The first-order valence-electron chi connectivity index (χ1n) is 8.24. The van der Waals surface area contributed by atoms with Gasteiger partial charge >= 0.3 is 17.4 Å². The third-order valence-electron chi connectivity index (χ3n) is 4.36. The van der Waals surface area contributed by atoms with Crippen LogP contribution in [0.15, 0.2) is 30.3 Å². The van der Waals surface area contributed by atoms with Crippen molar-refractivity contribution in [1.82, 2.24) is 0 Å². The smallest absolute Gasteiger partial charge is 0.356 e. The molecule has 0 radical (unpaired) electrons. The molecule has 0 saturated heterocycles. The van der Waals surface area contributed by atoms with Crippen LogP contribution in [-0.2, 0) is 17.6 Å². The van der Waals surface area contributed by atoms with E-state index >= 15 is 0 Å². The number of benzene rings is 1. The van der Waals surface area contributed by atoms with Crippen LogP contribution in [0.1, 0.15) is 41.4 Å². The van der Waals surface area contributed by atoms with Gasteiger partial charge in [-0.05, 0) is 38.3 Å². The van der Waals surface area contributed by atoms with E-state index in [2.05, 4.69) is 0 Å². The Hall–Kier alpha value is -2.96. The Labute approximate surface area is 144 Å². The molecule has 25 heavy (non-hydrogen) atoms. The third kappa shape index (κ3) is 2.93. The van der Waals surface area contributed by atoms with Crippen LogP contribution in [0.4, 0.5) is 5.69 Å². The Balaban J connectivity index is 2.40. The molecule has 0 fully saturated rings. The van der Waals surface area contributed by atoms with E-state index in [1.54, 1.807) is 37.3 Å². The zero-order valence-electron chi connectivity index (χ0n) is 13.9. The summed E-state index contributed by atoms with van der Waals surface area (Å²) in [6, 6.07) is 8.40. The Bertz CT molecular complexity index is 833. The van der Waals surface area contributed by atoms with Gasteiger partial charge in [-0.25, -0.2) is 4.79 Å². The number of pyridine rings is 1. The minimum absolute atomic E-state index is 0.0764. The fourth-order valence-corrected chi connectivity index (χ4v) is 3.33. The van der Waals surface area contributed by atoms with Crippen molar-refractivity contribution in [2.45, 2.75) is 32.6 Å². The molecule has 0 unspecified atom stereocenters. The lowest BCUT2D eigenvalue weighted by molar-refractivity contribution is -0.607. The summed E-state index contributed by atoms with van der Waals surface area (Å²) in [5, 5.41) is 24.7. The molecule has 0 aliphatic heterocycles. The molecular weight excluding hydrogens is 324 g/mol. The Morgan fingerprint density at radius 3 is 2.56 bits per heavy atom. The summed E-state index contributed by atoms with van der Waals surface area (Å²) in [7, 11) is 0. The molecule has 1 aliphatic rings. The van der Waals surface area contributed by atoms with Crippen LogP contribution in [0.2, 0.25) is 0 Å². The van der Waals surface area contributed by atoms with Crippen LogP contribution >= 0.6 is 0 Å². The molecule has 0 bridgehead atoms. The van der Waals surface area contributed by atoms with Crippen molar-refractivity contribution in [2.24, 2.45) is 0 Å². The number of hydrogen-bond acceptors (Lipinski definition) is 5. The number of aromatic nitrogens is 1. The summed E-state index contributed by atoms with van der Waals surface area (Å²) in [5.41, 5.74) is 0.634. The molecule has 3 rings (SSSR count). The van der Waals surface area contributed by atoms with E-state index in [-0.39, 0.29) is 17.9 Å². The van der Waals surface area contributed by atoms with E-state index in [9.17, 15) is 20.1 Å². The average Bonchev–Trinajstić information content (AvgIpc) is 2.62. The van der Waals surface area contributed by atoms with Crippen LogP contribution in [0, 0.1) is 15.3 Å². The van der Waals surface area contributed by atoms with Gasteiger partial charge in [-0.3, -0.25) is 10.1 Å². The molecule has 2 aromatic rings. The number of nitrogens with zero attached hydrogens (tertiary/aromatic N) is 2. The molecule has 0 amide bonds. The monoisotopic (exact) mass is 342 g/mol. The number of esters is 1. The number of hydrogen-bond donors (Lipinski definition) is 0. The minimum Gasteiger partial charge on any atom is -0.618 e. The van der Waals surface area contributed by atoms with Crippen molar-refractivity contribution in [2.75, 3.05) is 6.61 Å². The molecule has 0 N–H and O–H groups in total. The third-order valence-corrected chi connectivity index (χ3v) is 4.36. The molecule has 130 valence electrons. The summed E-state index contributed by atoms with van der Waals surface area (Å²) in [4.78, 5) is 23.7. The Morgan fingerprint density at radius 1 is 1.24 bits per heavy atom. The van der Waals surface area contributed by atoms with Gasteiger partial charge in [0, 0.05) is 12.0 Å². The van der Waals surface area contributed by atoms with Gasteiger partial charge in [0.25, 0.3) is 0 Å². The standard InChI is InChI=1S/C18H18N2O5/c1-2-25-18(21)15-13-10-6-7-11-14(13)19(22)16(17(15)20(23)24)12-8-4-3-5-9-12/h3-5,8-9H,2,6-7,10-11H2,1H3. The van der Waals surface area contributed by atoms with Crippen molar-refractivity contribution >= 4 is 11.7 Å². The first kappa shape index (κ1) is 16.9. The number of nitro groups is 1. The van der Waals surface area contributed by atoms with Gasteiger partial charge in [-0.2, -0.15) is 4.73 Å². The lowest BCUT2D eigenvalue weighted by atomic mass is 9.89. The predicted molar refractivity (Wildman–Crippen MR) is 90.1 cm³/mol. The van der Waals surface area contributed by atoms with E-state index in [0.29, 0.717) is 34.4 Å². The van der Waals surface area contributed by atoms with Crippen LogP contribution in [0.5, 0.6) is 0 Å². The second-order valence-electron chi connectivity index (χ2n) is 5.84. The van der Waals surface area contributed by atoms with Crippen molar-refractivity contribution < 1.29 is 19.2 Å². The SMILES string of the molecule is CCOC(=O)c1c2c([n+]([O-])c(-c3ccccc3)c1[N+](=O)[O-])CCCC2. The van der Waals surface area contributed by atoms with E-state index in [0.717, 1.165) is 12.8 Å². The second kappa shape index (κ2) is 6.88. The number of rotatable bonds is 4. The first-order chi connectivity index (χ1) is 12.1. The van der Waals surface area contributed by atoms with Gasteiger partial charge in [-0.1, -0.05) is 18.2 Å². The van der Waals surface area contributed by atoms with Gasteiger partial charge in [0.2, 0.25) is 0 Å². The van der Waals surface area contributed by atoms with Gasteiger partial charge in [-0.15, -0.1) is 0 Å². The molecule has 1 heterocycles. The van der Waals surface area contributed by atoms with Crippen molar-refractivity contribution in [3.63, 3.8) is 0 Å². The average molecular weight is 342 g/mol. The van der Waals surface area contributed by atoms with E-state index in [4.69, 9.17) is 4.74 Å².